The van der Waals surface area contributed by atoms with Gasteiger partial charge in [0.2, 0.25) is 5.91 Å². The van der Waals surface area contributed by atoms with Gasteiger partial charge in [0, 0.05) is 0 Å². The van der Waals surface area contributed by atoms with E-state index in [9.17, 15) is 9.59 Å². The van der Waals surface area contributed by atoms with E-state index in [1.165, 1.54) is 13.2 Å². The molecule has 0 aliphatic rings. The molecule has 0 aliphatic heterocycles. The van der Waals surface area contributed by atoms with E-state index in [4.69, 9.17) is 27.2 Å². The molecule has 3 N–H and O–H groups in total. The number of carboxylic acid groups (broad SMARTS) is 1. The van der Waals surface area contributed by atoms with E-state index >= 15 is 0 Å². The summed E-state index contributed by atoms with van der Waals surface area (Å²) in [6, 6.07) is 9.48. The zero-order valence-electron chi connectivity index (χ0n) is 11.1. The highest BCUT2D eigenvalue weighted by Gasteiger charge is 2.13. The maximum Gasteiger partial charge on any atom is 0.339 e. The van der Waals surface area contributed by atoms with Gasteiger partial charge in [-0.3, -0.25) is 4.79 Å². The first kappa shape index (κ1) is 14.9. The lowest BCUT2D eigenvalue weighted by atomic mass is 10.0. The van der Waals surface area contributed by atoms with E-state index in [0.29, 0.717) is 11.1 Å². The second-order valence-corrected chi connectivity index (χ2v) is 4.69. The molecule has 0 aromatic heterocycles. The number of carbonyl (C=O) groups is 2. The lowest BCUT2D eigenvalue weighted by molar-refractivity contribution is 0.0693. The standard InChI is InChI=1S/C15H12ClNO4/c1-21-13-7-9(2-4-10(13)15(19)20)8-3-5-12(16)11(6-8)14(17)18/h2-7H,1H3,(H2,17,18)(H,19,20). The van der Waals surface area contributed by atoms with Crippen molar-refractivity contribution < 1.29 is 19.4 Å². The maximum atomic E-state index is 11.3. The number of carboxylic acids is 1. The minimum Gasteiger partial charge on any atom is -0.496 e. The van der Waals surface area contributed by atoms with E-state index < -0.39 is 11.9 Å². The number of benzene rings is 2. The molecule has 2 aromatic carbocycles. The Bertz CT molecular complexity index is 728. The van der Waals surface area contributed by atoms with Crippen LogP contribution in [0.5, 0.6) is 5.75 Å². The molecule has 21 heavy (non-hydrogen) atoms. The molecule has 2 rings (SSSR count). The highest BCUT2D eigenvalue weighted by atomic mass is 35.5. The number of aromatic carboxylic acids is 1. The first-order valence-electron chi connectivity index (χ1n) is 5.95. The molecule has 1 amide bonds. The molecule has 0 bridgehead atoms. The highest BCUT2D eigenvalue weighted by Crippen LogP contribution is 2.29. The number of carbonyl (C=O) groups excluding carboxylic acids is 1. The average Bonchev–Trinajstić information content (AvgIpc) is 2.46. The normalized spacial score (nSPS) is 10.2. The fraction of sp³-hybridized carbons (Fsp3) is 0.0667. The van der Waals surface area contributed by atoms with Crippen LogP contribution in [0.25, 0.3) is 11.1 Å². The van der Waals surface area contributed by atoms with Crippen LogP contribution in [0.3, 0.4) is 0 Å². The van der Waals surface area contributed by atoms with Crippen LogP contribution in [0.2, 0.25) is 5.02 Å². The molecule has 5 nitrogen and oxygen atoms in total. The number of hydrogen-bond donors (Lipinski definition) is 2. The molecule has 0 aliphatic carbocycles. The van der Waals surface area contributed by atoms with Crippen molar-refractivity contribution in [1.29, 1.82) is 0 Å². The van der Waals surface area contributed by atoms with Crippen molar-refractivity contribution in [3.05, 3.63) is 52.5 Å². The number of ether oxygens (including phenoxy) is 1. The Morgan fingerprint density at radius 2 is 1.71 bits per heavy atom. The van der Waals surface area contributed by atoms with Crippen LogP contribution in [-0.2, 0) is 0 Å². The summed E-state index contributed by atoms with van der Waals surface area (Å²) in [6.07, 6.45) is 0. The molecule has 0 saturated carbocycles. The van der Waals surface area contributed by atoms with E-state index in [-0.39, 0.29) is 21.9 Å². The quantitative estimate of drug-likeness (QED) is 0.909. The van der Waals surface area contributed by atoms with Crippen molar-refractivity contribution in [2.24, 2.45) is 5.73 Å². The van der Waals surface area contributed by atoms with Crippen LogP contribution in [-0.4, -0.2) is 24.1 Å². The Kier molecular flexibility index (Phi) is 4.14. The summed E-state index contributed by atoms with van der Waals surface area (Å²) in [5, 5.41) is 9.32. The summed E-state index contributed by atoms with van der Waals surface area (Å²) in [6.45, 7) is 0. The molecule has 0 radical (unpaired) electrons. The lowest BCUT2D eigenvalue weighted by Gasteiger charge is -2.09. The monoisotopic (exact) mass is 305 g/mol. The van der Waals surface area contributed by atoms with Crippen LogP contribution >= 0.6 is 11.6 Å². The number of primary amides is 1. The largest absolute Gasteiger partial charge is 0.496 e. The number of halogens is 1. The Labute approximate surface area is 125 Å². The molecule has 0 saturated heterocycles. The van der Waals surface area contributed by atoms with Gasteiger partial charge in [0.05, 0.1) is 17.7 Å². The summed E-state index contributed by atoms with van der Waals surface area (Å²) in [7, 11) is 1.39. The van der Waals surface area contributed by atoms with Gasteiger partial charge >= 0.3 is 5.97 Å². The fourth-order valence-corrected chi connectivity index (χ4v) is 2.15. The van der Waals surface area contributed by atoms with Crippen molar-refractivity contribution in [2.45, 2.75) is 0 Å². The van der Waals surface area contributed by atoms with Crippen LogP contribution < -0.4 is 10.5 Å². The Morgan fingerprint density at radius 1 is 1.10 bits per heavy atom. The van der Waals surface area contributed by atoms with Gasteiger partial charge in [-0.05, 0) is 35.4 Å². The lowest BCUT2D eigenvalue weighted by Crippen LogP contribution is -2.11. The minimum atomic E-state index is -1.08. The van der Waals surface area contributed by atoms with Crippen LogP contribution in [0, 0.1) is 0 Å². The van der Waals surface area contributed by atoms with Gasteiger partial charge in [0.15, 0.2) is 0 Å². The molecule has 0 heterocycles. The summed E-state index contributed by atoms with van der Waals surface area (Å²) < 4.78 is 5.07. The summed E-state index contributed by atoms with van der Waals surface area (Å²) >= 11 is 5.90. The van der Waals surface area contributed by atoms with Crippen LogP contribution in [0.15, 0.2) is 36.4 Å². The number of nitrogens with two attached hydrogens (primary N) is 1. The second kappa shape index (κ2) is 5.85. The van der Waals surface area contributed by atoms with E-state index in [2.05, 4.69) is 0 Å². The number of rotatable bonds is 4. The first-order chi connectivity index (χ1) is 9.93. The van der Waals surface area contributed by atoms with E-state index in [1.54, 1.807) is 30.3 Å². The average molecular weight is 306 g/mol. The molecule has 2 aromatic rings. The van der Waals surface area contributed by atoms with Crippen molar-refractivity contribution in [2.75, 3.05) is 7.11 Å². The van der Waals surface area contributed by atoms with Crippen LogP contribution in [0.1, 0.15) is 20.7 Å². The van der Waals surface area contributed by atoms with Crippen LogP contribution in [0.4, 0.5) is 0 Å². The number of methoxy groups -OCH3 is 1. The van der Waals surface area contributed by atoms with Crippen molar-refractivity contribution in [3.8, 4) is 16.9 Å². The minimum absolute atomic E-state index is 0.0605. The Hall–Kier alpha value is -2.53. The van der Waals surface area contributed by atoms with Gasteiger partial charge in [0.25, 0.3) is 0 Å². The zero-order valence-corrected chi connectivity index (χ0v) is 11.8. The Balaban J connectivity index is 2.55. The third kappa shape index (κ3) is 2.98. The van der Waals surface area contributed by atoms with Crippen molar-refractivity contribution >= 4 is 23.5 Å². The molecule has 0 fully saturated rings. The molecular formula is C15H12ClNO4. The smallest absolute Gasteiger partial charge is 0.339 e. The summed E-state index contributed by atoms with van der Waals surface area (Å²) in [5.74, 6) is -1.47. The van der Waals surface area contributed by atoms with Gasteiger partial charge in [-0.25, -0.2) is 4.79 Å². The predicted molar refractivity (Wildman–Crippen MR) is 78.9 cm³/mol. The summed E-state index contributed by atoms with van der Waals surface area (Å²) in [4.78, 5) is 22.4. The molecule has 6 heteroatoms. The fourth-order valence-electron chi connectivity index (χ4n) is 1.94. The molecule has 0 atom stereocenters. The second-order valence-electron chi connectivity index (χ2n) is 4.28. The predicted octanol–water partition coefficient (Wildman–Crippen LogP) is 2.81. The zero-order chi connectivity index (χ0) is 15.6. The van der Waals surface area contributed by atoms with Crippen molar-refractivity contribution in [3.63, 3.8) is 0 Å². The third-order valence-corrected chi connectivity index (χ3v) is 3.33. The SMILES string of the molecule is COc1cc(-c2ccc(Cl)c(C(N)=O)c2)ccc1C(=O)O. The van der Waals surface area contributed by atoms with Gasteiger partial charge in [-0.15, -0.1) is 0 Å². The molecule has 0 unspecified atom stereocenters. The maximum absolute atomic E-state index is 11.3. The number of amides is 1. The molecular weight excluding hydrogens is 294 g/mol. The summed E-state index contributed by atoms with van der Waals surface area (Å²) in [5.41, 5.74) is 6.89. The first-order valence-corrected chi connectivity index (χ1v) is 6.33. The highest BCUT2D eigenvalue weighted by molar-refractivity contribution is 6.33. The van der Waals surface area contributed by atoms with Gasteiger partial charge in [-0.2, -0.15) is 0 Å². The Morgan fingerprint density at radius 3 is 2.29 bits per heavy atom. The van der Waals surface area contributed by atoms with E-state index in [0.717, 1.165) is 0 Å². The van der Waals surface area contributed by atoms with E-state index in [1.807, 2.05) is 0 Å². The van der Waals surface area contributed by atoms with Crippen molar-refractivity contribution in [1.82, 2.24) is 0 Å². The molecule has 108 valence electrons. The topological polar surface area (TPSA) is 89.6 Å². The van der Waals surface area contributed by atoms with Gasteiger partial charge in [-0.1, -0.05) is 23.7 Å². The number of hydrogen-bond acceptors (Lipinski definition) is 3. The third-order valence-electron chi connectivity index (χ3n) is 3.00. The molecule has 0 spiro atoms. The van der Waals surface area contributed by atoms with Gasteiger partial charge < -0.3 is 15.6 Å². The van der Waals surface area contributed by atoms with Gasteiger partial charge in [0.1, 0.15) is 11.3 Å².